The Morgan fingerprint density at radius 2 is 1.60 bits per heavy atom. The van der Waals surface area contributed by atoms with Gasteiger partial charge in [-0.3, -0.25) is 14.4 Å². The molecule has 4 nitrogen and oxygen atoms in total. The second kappa shape index (κ2) is 4.45. The van der Waals surface area contributed by atoms with E-state index in [0.29, 0.717) is 0 Å². The predicted octanol–water partition coefficient (Wildman–Crippen LogP) is 1.62. The van der Waals surface area contributed by atoms with Crippen molar-refractivity contribution in [3.05, 3.63) is 0 Å². The summed E-state index contributed by atoms with van der Waals surface area (Å²) in [7, 11) is 0.563. The number of carbonyl (C=O) groups is 2. The number of hydrogen-bond acceptors (Lipinski definition) is 3. The van der Waals surface area contributed by atoms with Crippen LogP contribution in [0.1, 0.15) is 20.8 Å². The fourth-order valence-electron chi connectivity index (χ4n) is 0.834. The lowest BCUT2D eigenvalue weighted by molar-refractivity contribution is -0.170. The zero-order valence-electron chi connectivity index (χ0n) is 10.7. The van der Waals surface area contributed by atoms with Gasteiger partial charge in [0.2, 0.25) is 0 Å². The van der Waals surface area contributed by atoms with E-state index in [2.05, 4.69) is 0 Å². The van der Waals surface area contributed by atoms with E-state index in [4.69, 9.17) is 4.84 Å². The molecule has 0 aliphatic carbocycles. The van der Waals surface area contributed by atoms with Crippen LogP contribution in [0.3, 0.4) is 0 Å². The number of hydroxylamine groups is 2. The van der Waals surface area contributed by atoms with E-state index >= 15 is 0 Å². The summed E-state index contributed by atoms with van der Waals surface area (Å²) >= 11 is 0. The van der Waals surface area contributed by atoms with Crippen LogP contribution in [-0.4, -0.2) is 38.6 Å². The number of carbonyl (C=O) groups excluding carboxylic acids is 2. The van der Waals surface area contributed by atoms with Gasteiger partial charge in [-0.1, -0.05) is 33.9 Å². The Hall–Kier alpha value is -0.683. The standard InChI is InChI=1S/C10H21NO3Si/c1-10(2,3)15(6,7)9(13)8(12)11(4)14-5/h1-7H3. The third-order valence-electron chi connectivity index (χ3n) is 3.20. The molecule has 0 aliphatic heterocycles. The third kappa shape index (κ3) is 2.88. The molecule has 0 unspecified atom stereocenters. The highest BCUT2D eigenvalue weighted by molar-refractivity contribution is 7.13. The average molecular weight is 231 g/mol. The van der Waals surface area contributed by atoms with E-state index in [1.54, 1.807) is 0 Å². The van der Waals surface area contributed by atoms with Gasteiger partial charge in [-0.05, 0) is 5.04 Å². The summed E-state index contributed by atoms with van der Waals surface area (Å²) in [6.45, 7) is 9.82. The molecule has 0 aromatic heterocycles. The lowest BCUT2D eigenvalue weighted by Gasteiger charge is -2.34. The first-order chi connectivity index (χ1) is 6.55. The second-order valence-electron chi connectivity index (χ2n) is 5.19. The Bertz CT molecular complexity index is 268. The summed E-state index contributed by atoms with van der Waals surface area (Å²) in [5, 5.41) is 0.566. The topological polar surface area (TPSA) is 46.6 Å². The maximum absolute atomic E-state index is 12.0. The molecule has 15 heavy (non-hydrogen) atoms. The minimum Gasteiger partial charge on any atom is -0.295 e. The van der Waals surface area contributed by atoms with E-state index in [9.17, 15) is 9.59 Å². The first kappa shape index (κ1) is 14.3. The number of amides is 1. The lowest BCUT2D eigenvalue weighted by atomic mass is 10.2. The van der Waals surface area contributed by atoms with Gasteiger partial charge in [0.15, 0.2) is 5.41 Å². The highest BCUT2D eigenvalue weighted by atomic mass is 28.3. The van der Waals surface area contributed by atoms with Gasteiger partial charge in [-0.25, -0.2) is 5.06 Å². The summed E-state index contributed by atoms with van der Waals surface area (Å²) in [6, 6.07) is 0. The van der Waals surface area contributed by atoms with Gasteiger partial charge in [0.1, 0.15) is 8.07 Å². The monoisotopic (exact) mass is 231 g/mol. The van der Waals surface area contributed by atoms with Gasteiger partial charge in [0.05, 0.1) is 7.11 Å². The van der Waals surface area contributed by atoms with Crippen molar-refractivity contribution in [1.29, 1.82) is 0 Å². The molecule has 0 saturated heterocycles. The van der Waals surface area contributed by atoms with E-state index in [1.807, 2.05) is 33.9 Å². The largest absolute Gasteiger partial charge is 0.307 e. The Kier molecular flexibility index (Phi) is 4.24. The molecule has 0 saturated carbocycles. The number of rotatable bonds is 3. The highest BCUT2D eigenvalue weighted by Gasteiger charge is 2.46. The molecule has 0 rings (SSSR count). The van der Waals surface area contributed by atoms with Crippen molar-refractivity contribution >= 4 is 19.4 Å². The molecular formula is C10H21NO3Si. The maximum Gasteiger partial charge on any atom is 0.307 e. The van der Waals surface area contributed by atoms with E-state index in [1.165, 1.54) is 14.2 Å². The Morgan fingerprint density at radius 1 is 1.20 bits per heavy atom. The van der Waals surface area contributed by atoms with Crippen LogP contribution in [0, 0.1) is 0 Å². The zero-order valence-corrected chi connectivity index (χ0v) is 11.7. The molecule has 0 N–H and O–H groups in total. The van der Waals surface area contributed by atoms with E-state index in [0.717, 1.165) is 5.06 Å². The van der Waals surface area contributed by atoms with E-state index in [-0.39, 0.29) is 10.4 Å². The van der Waals surface area contributed by atoms with Crippen LogP contribution in [0.2, 0.25) is 18.1 Å². The summed E-state index contributed by atoms with van der Waals surface area (Å²) in [5.41, 5.74) is 0. The minimum absolute atomic E-state index is 0.131. The molecular weight excluding hydrogens is 210 g/mol. The van der Waals surface area contributed by atoms with Gasteiger partial charge in [-0.2, -0.15) is 0 Å². The summed E-state index contributed by atoms with van der Waals surface area (Å²) in [6.07, 6.45) is 0. The zero-order chi connectivity index (χ0) is 12.4. The third-order valence-corrected chi connectivity index (χ3v) is 8.30. The van der Waals surface area contributed by atoms with E-state index < -0.39 is 14.0 Å². The van der Waals surface area contributed by atoms with Crippen molar-refractivity contribution in [1.82, 2.24) is 5.06 Å². The molecule has 0 radical (unpaired) electrons. The van der Waals surface area contributed by atoms with Gasteiger partial charge in [-0.15, -0.1) is 0 Å². The number of nitrogens with zero attached hydrogens (tertiary/aromatic N) is 1. The van der Waals surface area contributed by atoms with Crippen LogP contribution in [0.5, 0.6) is 0 Å². The average Bonchev–Trinajstić information content (AvgIpc) is 2.12. The first-order valence-electron chi connectivity index (χ1n) is 4.92. The van der Waals surface area contributed by atoms with Gasteiger partial charge < -0.3 is 0 Å². The van der Waals surface area contributed by atoms with Crippen molar-refractivity contribution in [3.8, 4) is 0 Å². The van der Waals surface area contributed by atoms with Crippen LogP contribution < -0.4 is 0 Å². The lowest BCUT2D eigenvalue weighted by Crippen LogP contribution is -2.53. The van der Waals surface area contributed by atoms with Crippen LogP contribution in [-0.2, 0) is 14.4 Å². The van der Waals surface area contributed by atoms with Crippen LogP contribution >= 0.6 is 0 Å². The van der Waals surface area contributed by atoms with Crippen molar-refractivity contribution in [2.75, 3.05) is 14.2 Å². The second-order valence-corrected chi connectivity index (χ2v) is 10.4. The number of likely N-dealkylation sites (N-methyl/N-ethyl adjacent to an activating group) is 1. The summed E-state index contributed by atoms with van der Waals surface area (Å²) in [4.78, 5) is 28.4. The predicted molar refractivity (Wildman–Crippen MR) is 62.0 cm³/mol. The smallest absolute Gasteiger partial charge is 0.295 e. The van der Waals surface area contributed by atoms with Crippen LogP contribution in [0.25, 0.3) is 0 Å². The summed E-state index contributed by atoms with van der Waals surface area (Å²) < 4.78 is 0. The van der Waals surface area contributed by atoms with Gasteiger partial charge in [0, 0.05) is 7.05 Å². The Labute approximate surface area is 92.6 Å². The van der Waals surface area contributed by atoms with Gasteiger partial charge in [0.25, 0.3) is 0 Å². The molecule has 88 valence electrons. The normalized spacial score (nSPS) is 12.5. The number of hydrogen-bond donors (Lipinski definition) is 0. The molecule has 0 fully saturated rings. The summed E-state index contributed by atoms with van der Waals surface area (Å²) in [5.74, 6) is -0.552. The van der Waals surface area contributed by atoms with Crippen molar-refractivity contribution in [2.45, 2.75) is 38.9 Å². The fraction of sp³-hybridized carbons (Fsp3) is 0.800. The first-order valence-corrected chi connectivity index (χ1v) is 7.92. The maximum atomic E-state index is 12.0. The minimum atomic E-state index is -2.26. The molecule has 5 heteroatoms. The molecule has 0 aromatic carbocycles. The molecule has 1 amide bonds. The fourth-order valence-corrected chi connectivity index (χ4v) is 2.21. The molecule has 0 bridgehead atoms. The SMILES string of the molecule is CON(C)C(=O)C(=O)[Si](C)(C)C(C)(C)C. The van der Waals surface area contributed by atoms with Crippen LogP contribution in [0.4, 0.5) is 0 Å². The highest BCUT2D eigenvalue weighted by Crippen LogP contribution is 2.36. The quantitative estimate of drug-likeness (QED) is 0.421. The molecule has 0 aromatic rings. The van der Waals surface area contributed by atoms with Crippen molar-refractivity contribution in [3.63, 3.8) is 0 Å². The van der Waals surface area contributed by atoms with Crippen molar-refractivity contribution in [2.24, 2.45) is 0 Å². The molecule has 0 atom stereocenters. The molecule has 0 spiro atoms. The van der Waals surface area contributed by atoms with Crippen molar-refractivity contribution < 1.29 is 14.4 Å². The molecule has 0 aliphatic rings. The Morgan fingerprint density at radius 3 is 1.87 bits per heavy atom. The molecule has 0 heterocycles. The van der Waals surface area contributed by atoms with Crippen LogP contribution in [0.15, 0.2) is 0 Å². The van der Waals surface area contributed by atoms with Gasteiger partial charge >= 0.3 is 5.91 Å². The Balaban J connectivity index is 4.95.